The fourth-order valence-electron chi connectivity index (χ4n) is 3.89. The van der Waals surface area contributed by atoms with Crippen molar-refractivity contribution in [3.63, 3.8) is 0 Å². The van der Waals surface area contributed by atoms with E-state index in [1.54, 1.807) is 0 Å². The smallest absolute Gasteiger partial charge is 0.322 e. The molecular formula is C25H25N3O2. The molecule has 1 saturated heterocycles. The highest BCUT2D eigenvalue weighted by atomic mass is 16.2. The molecule has 152 valence electrons. The zero-order valence-electron chi connectivity index (χ0n) is 17.0. The Morgan fingerprint density at radius 1 is 0.967 bits per heavy atom. The van der Waals surface area contributed by atoms with Crippen molar-refractivity contribution in [1.82, 2.24) is 15.5 Å². The number of urea groups is 1. The van der Waals surface area contributed by atoms with Crippen molar-refractivity contribution < 1.29 is 9.59 Å². The molecule has 1 atom stereocenters. The maximum absolute atomic E-state index is 12.9. The van der Waals surface area contributed by atoms with Gasteiger partial charge in [-0.05, 0) is 48.1 Å². The molecule has 0 spiro atoms. The molecule has 0 aromatic heterocycles. The first-order valence-corrected chi connectivity index (χ1v) is 10.1. The predicted octanol–water partition coefficient (Wildman–Crippen LogP) is 3.80. The Morgan fingerprint density at radius 2 is 1.63 bits per heavy atom. The van der Waals surface area contributed by atoms with Gasteiger partial charge in [0.25, 0.3) is 5.91 Å². The average Bonchev–Trinajstić information content (AvgIpc) is 3.05. The Bertz CT molecular complexity index is 1040. The molecule has 3 amide bonds. The minimum absolute atomic E-state index is 0.272. The van der Waals surface area contributed by atoms with Gasteiger partial charge in [0.15, 0.2) is 5.54 Å². The van der Waals surface area contributed by atoms with E-state index < -0.39 is 11.6 Å². The van der Waals surface area contributed by atoms with Gasteiger partial charge in [-0.2, -0.15) is 0 Å². The third kappa shape index (κ3) is 3.79. The standard InChI is InChI=1S/C25H25N3O2/c1-18-7-6-16-28(19(18)2)17-25(23(29)26-24(30)27-25)22-14-12-21(13-15-22)11-10-20-8-4-3-5-9-20/h3-9,12-16H,2,10-11,17H2,1H3,(H2,26,27,29,30). The molecule has 0 saturated carbocycles. The monoisotopic (exact) mass is 399 g/mol. The normalized spacial score (nSPS) is 20.8. The number of hydrogen-bond acceptors (Lipinski definition) is 3. The van der Waals surface area contributed by atoms with Crippen LogP contribution in [0.2, 0.25) is 0 Å². The molecule has 1 fully saturated rings. The minimum atomic E-state index is -1.17. The van der Waals surface area contributed by atoms with E-state index in [1.165, 1.54) is 11.1 Å². The average molecular weight is 399 g/mol. The maximum Gasteiger partial charge on any atom is 0.322 e. The molecule has 2 aromatic rings. The van der Waals surface area contributed by atoms with Gasteiger partial charge >= 0.3 is 6.03 Å². The number of amides is 3. The second-order valence-corrected chi connectivity index (χ2v) is 7.76. The fourth-order valence-corrected chi connectivity index (χ4v) is 3.89. The Balaban J connectivity index is 1.56. The predicted molar refractivity (Wildman–Crippen MR) is 117 cm³/mol. The van der Waals surface area contributed by atoms with Gasteiger partial charge in [-0.3, -0.25) is 10.1 Å². The molecule has 30 heavy (non-hydrogen) atoms. The number of rotatable bonds is 6. The lowest BCUT2D eigenvalue weighted by atomic mass is 9.87. The molecule has 1 unspecified atom stereocenters. The third-order valence-electron chi connectivity index (χ3n) is 5.76. The van der Waals surface area contributed by atoms with Crippen molar-refractivity contribution in [2.24, 2.45) is 0 Å². The molecule has 5 heteroatoms. The van der Waals surface area contributed by atoms with E-state index in [9.17, 15) is 9.59 Å². The quantitative estimate of drug-likeness (QED) is 0.727. The van der Waals surface area contributed by atoms with E-state index in [0.29, 0.717) is 0 Å². The second kappa shape index (κ2) is 8.03. The first kappa shape index (κ1) is 19.7. The lowest BCUT2D eigenvalue weighted by Gasteiger charge is -2.35. The van der Waals surface area contributed by atoms with Crippen LogP contribution < -0.4 is 10.6 Å². The molecule has 2 N–H and O–H groups in total. The summed E-state index contributed by atoms with van der Waals surface area (Å²) in [5, 5.41) is 5.26. The van der Waals surface area contributed by atoms with Crippen molar-refractivity contribution in [2.75, 3.05) is 6.54 Å². The molecular weight excluding hydrogens is 374 g/mol. The van der Waals surface area contributed by atoms with Crippen LogP contribution >= 0.6 is 0 Å². The van der Waals surface area contributed by atoms with Gasteiger partial charge in [0, 0.05) is 11.9 Å². The van der Waals surface area contributed by atoms with E-state index in [1.807, 2.05) is 72.6 Å². The maximum atomic E-state index is 12.9. The molecule has 4 rings (SSSR count). The van der Waals surface area contributed by atoms with Crippen molar-refractivity contribution in [1.29, 1.82) is 0 Å². The fraction of sp³-hybridized carbons (Fsp3) is 0.200. The molecule has 0 radical (unpaired) electrons. The molecule has 5 nitrogen and oxygen atoms in total. The number of nitrogens with zero attached hydrogens (tertiary/aromatic N) is 1. The van der Waals surface area contributed by atoms with Crippen LogP contribution in [0.25, 0.3) is 0 Å². The number of aryl methyl sites for hydroxylation is 2. The second-order valence-electron chi connectivity index (χ2n) is 7.76. The van der Waals surface area contributed by atoms with Crippen LogP contribution in [0, 0.1) is 0 Å². The van der Waals surface area contributed by atoms with Gasteiger partial charge in [0.1, 0.15) is 0 Å². The van der Waals surface area contributed by atoms with Gasteiger partial charge in [0.05, 0.1) is 6.54 Å². The first-order chi connectivity index (χ1) is 14.5. The van der Waals surface area contributed by atoms with Crippen LogP contribution in [0.3, 0.4) is 0 Å². The summed E-state index contributed by atoms with van der Waals surface area (Å²) >= 11 is 0. The lowest BCUT2D eigenvalue weighted by molar-refractivity contribution is -0.124. The number of allylic oxidation sites excluding steroid dienone is 3. The lowest BCUT2D eigenvalue weighted by Crippen LogP contribution is -2.51. The van der Waals surface area contributed by atoms with Gasteiger partial charge in [-0.25, -0.2) is 4.79 Å². The summed E-state index contributed by atoms with van der Waals surface area (Å²) in [6.07, 6.45) is 7.63. The molecule has 2 aliphatic heterocycles. The van der Waals surface area contributed by atoms with Crippen LogP contribution in [-0.2, 0) is 23.2 Å². The Hall–Kier alpha value is -3.60. The van der Waals surface area contributed by atoms with Crippen LogP contribution in [-0.4, -0.2) is 23.4 Å². The van der Waals surface area contributed by atoms with Crippen LogP contribution in [0.5, 0.6) is 0 Å². The van der Waals surface area contributed by atoms with Crippen molar-refractivity contribution >= 4 is 11.9 Å². The number of carbonyl (C=O) groups is 2. The van der Waals surface area contributed by atoms with E-state index in [0.717, 1.165) is 29.7 Å². The van der Waals surface area contributed by atoms with Gasteiger partial charge in [0.2, 0.25) is 0 Å². The SMILES string of the molecule is C=C1C(C)=CC=CN1CC1(c2ccc(CCc3ccccc3)cc2)NC(=O)NC1=O. The third-order valence-corrected chi connectivity index (χ3v) is 5.76. The number of imide groups is 1. The summed E-state index contributed by atoms with van der Waals surface area (Å²) in [6, 6.07) is 17.8. The molecule has 2 aromatic carbocycles. The van der Waals surface area contributed by atoms with Gasteiger partial charge in [-0.1, -0.05) is 67.3 Å². The summed E-state index contributed by atoms with van der Waals surface area (Å²) in [4.78, 5) is 26.8. The summed E-state index contributed by atoms with van der Waals surface area (Å²) in [5.74, 6) is -0.349. The van der Waals surface area contributed by atoms with Crippen LogP contribution in [0.15, 0.2) is 90.8 Å². The summed E-state index contributed by atoms with van der Waals surface area (Å²) in [7, 11) is 0. The van der Waals surface area contributed by atoms with Crippen molar-refractivity contribution in [2.45, 2.75) is 25.3 Å². The number of nitrogens with one attached hydrogen (secondary N) is 2. The van der Waals surface area contributed by atoms with Gasteiger partial charge in [-0.15, -0.1) is 0 Å². The number of benzene rings is 2. The molecule has 0 aliphatic carbocycles. The minimum Gasteiger partial charge on any atom is -0.345 e. The Kier molecular flexibility index (Phi) is 5.27. The molecule has 2 aliphatic rings. The topological polar surface area (TPSA) is 61.4 Å². The summed E-state index contributed by atoms with van der Waals surface area (Å²) in [6.45, 7) is 6.36. The Morgan fingerprint density at radius 3 is 2.27 bits per heavy atom. The van der Waals surface area contributed by atoms with Crippen LogP contribution in [0.4, 0.5) is 4.79 Å². The largest absolute Gasteiger partial charge is 0.345 e. The number of carbonyl (C=O) groups excluding carboxylic acids is 2. The highest BCUT2D eigenvalue weighted by Gasteiger charge is 2.49. The first-order valence-electron chi connectivity index (χ1n) is 10.1. The summed E-state index contributed by atoms with van der Waals surface area (Å²) < 4.78 is 0. The van der Waals surface area contributed by atoms with Crippen LogP contribution in [0.1, 0.15) is 23.6 Å². The van der Waals surface area contributed by atoms with Gasteiger partial charge < -0.3 is 10.2 Å². The highest BCUT2D eigenvalue weighted by molar-refractivity contribution is 6.07. The highest BCUT2D eigenvalue weighted by Crippen LogP contribution is 2.30. The van der Waals surface area contributed by atoms with E-state index in [2.05, 4.69) is 29.3 Å². The van der Waals surface area contributed by atoms with E-state index >= 15 is 0 Å². The zero-order valence-corrected chi connectivity index (χ0v) is 17.0. The molecule has 2 heterocycles. The summed E-state index contributed by atoms with van der Waals surface area (Å²) in [5.41, 5.74) is 3.89. The molecule has 0 bridgehead atoms. The van der Waals surface area contributed by atoms with Crippen molar-refractivity contribution in [3.8, 4) is 0 Å². The van der Waals surface area contributed by atoms with E-state index in [4.69, 9.17) is 0 Å². The van der Waals surface area contributed by atoms with Crippen molar-refractivity contribution in [3.05, 3.63) is 107 Å². The Labute approximate surface area is 176 Å². The number of hydrogen-bond donors (Lipinski definition) is 2. The zero-order chi connectivity index (χ0) is 21.1. The van der Waals surface area contributed by atoms with E-state index in [-0.39, 0.29) is 12.5 Å².